The average molecular weight is 212 g/mol. The molecule has 0 fully saturated rings. The Balaban J connectivity index is 2.38. The molecule has 0 bridgehead atoms. The zero-order valence-electron chi connectivity index (χ0n) is 8.29. The minimum absolute atomic E-state index is 0.106. The van der Waals surface area contributed by atoms with Crippen molar-refractivity contribution < 1.29 is 0 Å². The number of pyridine rings is 2. The Hall–Kier alpha value is -2.43. The van der Waals surface area contributed by atoms with Crippen molar-refractivity contribution in [3.63, 3.8) is 0 Å². The molecule has 0 unspecified atom stereocenters. The molecule has 3 aromatic rings. The van der Waals surface area contributed by atoms with Gasteiger partial charge in [-0.3, -0.25) is 14.9 Å². The molecule has 5 heteroatoms. The van der Waals surface area contributed by atoms with Gasteiger partial charge in [-0.2, -0.15) is 5.10 Å². The highest BCUT2D eigenvalue weighted by Gasteiger charge is 2.08. The third-order valence-electron chi connectivity index (χ3n) is 2.36. The van der Waals surface area contributed by atoms with Gasteiger partial charge in [0.25, 0.3) is 5.56 Å². The molecule has 78 valence electrons. The quantitative estimate of drug-likeness (QED) is 0.656. The van der Waals surface area contributed by atoms with Crippen molar-refractivity contribution in [3.8, 4) is 11.4 Å². The second-order valence-corrected chi connectivity index (χ2v) is 3.37. The SMILES string of the molecule is O=c1cccc2[nH]nc(-c3cccnc3)n12. The van der Waals surface area contributed by atoms with E-state index in [1.54, 1.807) is 24.5 Å². The zero-order valence-corrected chi connectivity index (χ0v) is 8.29. The van der Waals surface area contributed by atoms with Crippen molar-refractivity contribution in [1.82, 2.24) is 19.6 Å². The lowest BCUT2D eigenvalue weighted by Gasteiger charge is -1.97. The van der Waals surface area contributed by atoms with Crippen LogP contribution in [0, 0.1) is 0 Å². The summed E-state index contributed by atoms with van der Waals surface area (Å²) >= 11 is 0. The van der Waals surface area contributed by atoms with Crippen LogP contribution >= 0.6 is 0 Å². The normalized spacial score (nSPS) is 10.8. The monoisotopic (exact) mass is 212 g/mol. The van der Waals surface area contributed by atoms with E-state index < -0.39 is 0 Å². The van der Waals surface area contributed by atoms with Crippen LogP contribution in [0.15, 0.2) is 47.5 Å². The molecular formula is C11H8N4O. The Bertz CT molecular complexity index is 684. The van der Waals surface area contributed by atoms with Crippen LogP contribution in [0.4, 0.5) is 0 Å². The van der Waals surface area contributed by atoms with Crippen LogP contribution in [0.3, 0.4) is 0 Å². The molecule has 0 spiro atoms. The van der Waals surface area contributed by atoms with Crippen LogP contribution in [0.1, 0.15) is 0 Å². The molecule has 1 N–H and O–H groups in total. The highest BCUT2D eigenvalue weighted by atomic mass is 16.1. The zero-order chi connectivity index (χ0) is 11.0. The summed E-state index contributed by atoms with van der Waals surface area (Å²) < 4.78 is 1.52. The minimum atomic E-state index is -0.106. The van der Waals surface area contributed by atoms with Gasteiger partial charge in [-0.15, -0.1) is 0 Å². The van der Waals surface area contributed by atoms with Crippen LogP contribution < -0.4 is 5.56 Å². The van der Waals surface area contributed by atoms with Crippen molar-refractivity contribution >= 4 is 5.65 Å². The van der Waals surface area contributed by atoms with E-state index in [2.05, 4.69) is 15.2 Å². The maximum Gasteiger partial charge on any atom is 0.257 e. The van der Waals surface area contributed by atoms with Gasteiger partial charge in [0.05, 0.1) is 0 Å². The van der Waals surface area contributed by atoms with Gasteiger partial charge in [0.2, 0.25) is 0 Å². The highest BCUT2D eigenvalue weighted by Crippen LogP contribution is 2.14. The first-order valence-corrected chi connectivity index (χ1v) is 4.83. The molecule has 5 nitrogen and oxygen atoms in total. The van der Waals surface area contributed by atoms with Gasteiger partial charge in [0, 0.05) is 24.0 Å². The van der Waals surface area contributed by atoms with E-state index in [9.17, 15) is 4.79 Å². The highest BCUT2D eigenvalue weighted by molar-refractivity contribution is 5.57. The molecule has 0 amide bonds. The summed E-state index contributed by atoms with van der Waals surface area (Å²) in [6, 6.07) is 8.67. The van der Waals surface area contributed by atoms with Crippen LogP contribution in [-0.2, 0) is 0 Å². The lowest BCUT2D eigenvalue weighted by Crippen LogP contribution is -2.11. The predicted octanol–water partition coefficient (Wildman–Crippen LogP) is 1.08. The lowest BCUT2D eigenvalue weighted by molar-refractivity contribution is 1.08. The largest absolute Gasteiger partial charge is 0.269 e. The summed E-state index contributed by atoms with van der Waals surface area (Å²) in [5, 5.41) is 6.94. The van der Waals surface area contributed by atoms with Crippen molar-refractivity contribution in [3.05, 3.63) is 53.1 Å². The van der Waals surface area contributed by atoms with E-state index >= 15 is 0 Å². The predicted molar refractivity (Wildman–Crippen MR) is 59.0 cm³/mol. The number of aromatic amines is 1. The molecular weight excluding hydrogens is 204 g/mol. The molecule has 0 aromatic carbocycles. The molecule has 0 aliphatic rings. The average Bonchev–Trinajstić information content (AvgIpc) is 2.75. The van der Waals surface area contributed by atoms with Gasteiger partial charge < -0.3 is 0 Å². The first kappa shape index (κ1) is 8.84. The Morgan fingerprint density at radius 1 is 1.19 bits per heavy atom. The number of H-pyrrole nitrogens is 1. The molecule has 0 aliphatic heterocycles. The van der Waals surface area contributed by atoms with Gasteiger partial charge >= 0.3 is 0 Å². The Kier molecular flexibility index (Phi) is 1.83. The molecule has 0 atom stereocenters. The van der Waals surface area contributed by atoms with Crippen LogP contribution in [-0.4, -0.2) is 19.6 Å². The number of fused-ring (bicyclic) bond motifs is 1. The van der Waals surface area contributed by atoms with E-state index in [0.29, 0.717) is 11.5 Å². The fraction of sp³-hybridized carbons (Fsp3) is 0. The van der Waals surface area contributed by atoms with E-state index in [0.717, 1.165) is 5.56 Å². The van der Waals surface area contributed by atoms with E-state index in [4.69, 9.17) is 0 Å². The van der Waals surface area contributed by atoms with Gasteiger partial charge in [0.15, 0.2) is 5.82 Å². The fourth-order valence-electron chi connectivity index (χ4n) is 1.64. The number of rotatable bonds is 1. The fourth-order valence-corrected chi connectivity index (χ4v) is 1.64. The third kappa shape index (κ3) is 1.22. The lowest BCUT2D eigenvalue weighted by atomic mass is 10.3. The van der Waals surface area contributed by atoms with Crippen LogP contribution in [0.5, 0.6) is 0 Å². The number of aromatic nitrogens is 4. The molecule has 0 aliphatic carbocycles. The maximum absolute atomic E-state index is 11.7. The Morgan fingerprint density at radius 3 is 2.94 bits per heavy atom. The first-order chi connectivity index (χ1) is 7.86. The van der Waals surface area contributed by atoms with Crippen molar-refractivity contribution in [1.29, 1.82) is 0 Å². The summed E-state index contributed by atoms with van der Waals surface area (Å²) in [7, 11) is 0. The standard InChI is InChI=1S/C11H8N4O/c16-10-5-1-4-9-13-14-11(15(9)10)8-3-2-6-12-7-8/h1-7,13H. The molecule has 0 saturated heterocycles. The summed E-state index contributed by atoms with van der Waals surface area (Å²) in [6.07, 6.45) is 3.36. The van der Waals surface area contributed by atoms with Gasteiger partial charge in [-0.1, -0.05) is 6.07 Å². The Labute approximate surface area is 90.4 Å². The second kappa shape index (κ2) is 3.30. The molecule has 3 aromatic heterocycles. The first-order valence-electron chi connectivity index (χ1n) is 4.83. The number of nitrogens with zero attached hydrogens (tertiary/aromatic N) is 3. The number of nitrogens with one attached hydrogen (secondary N) is 1. The number of hydrogen-bond donors (Lipinski definition) is 1. The molecule has 0 radical (unpaired) electrons. The summed E-state index contributed by atoms with van der Waals surface area (Å²) in [5.41, 5.74) is 1.37. The molecule has 3 heterocycles. The van der Waals surface area contributed by atoms with E-state index in [1.807, 2.05) is 12.1 Å². The topological polar surface area (TPSA) is 63.0 Å². The summed E-state index contributed by atoms with van der Waals surface area (Å²) in [5.74, 6) is 0.578. The van der Waals surface area contributed by atoms with Gasteiger partial charge in [-0.05, 0) is 18.2 Å². The summed E-state index contributed by atoms with van der Waals surface area (Å²) in [4.78, 5) is 15.7. The molecule has 16 heavy (non-hydrogen) atoms. The molecule has 3 rings (SSSR count). The molecule has 0 saturated carbocycles. The van der Waals surface area contributed by atoms with Crippen molar-refractivity contribution in [2.24, 2.45) is 0 Å². The van der Waals surface area contributed by atoms with Gasteiger partial charge in [0.1, 0.15) is 5.65 Å². The minimum Gasteiger partial charge on any atom is -0.269 e. The van der Waals surface area contributed by atoms with Gasteiger partial charge in [-0.25, -0.2) is 4.40 Å². The van der Waals surface area contributed by atoms with Crippen LogP contribution in [0.2, 0.25) is 0 Å². The summed E-state index contributed by atoms with van der Waals surface area (Å²) in [6.45, 7) is 0. The smallest absolute Gasteiger partial charge is 0.257 e. The van der Waals surface area contributed by atoms with E-state index in [1.165, 1.54) is 10.5 Å². The Morgan fingerprint density at radius 2 is 2.12 bits per heavy atom. The van der Waals surface area contributed by atoms with Crippen molar-refractivity contribution in [2.75, 3.05) is 0 Å². The second-order valence-electron chi connectivity index (χ2n) is 3.37. The van der Waals surface area contributed by atoms with E-state index in [-0.39, 0.29) is 5.56 Å². The van der Waals surface area contributed by atoms with Crippen LogP contribution in [0.25, 0.3) is 17.0 Å². The maximum atomic E-state index is 11.7. The number of hydrogen-bond acceptors (Lipinski definition) is 3. The third-order valence-corrected chi connectivity index (χ3v) is 2.36. The van der Waals surface area contributed by atoms with Crippen molar-refractivity contribution in [2.45, 2.75) is 0 Å².